The largest absolute Gasteiger partial charge is 0.490 e. The summed E-state index contributed by atoms with van der Waals surface area (Å²) in [4.78, 5) is 0. The Kier molecular flexibility index (Phi) is 4.48. The lowest BCUT2D eigenvalue weighted by molar-refractivity contribution is 0.00100. The van der Waals surface area contributed by atoms with Gasteiger partial charge in [-0.25, -0.2) is 0 Å². The summed E-state index contributed by atoms with van der Waals surface area (Å²) in [5.74, 6) is 0.891. The zero-order chi connectivity index (χ0) is 13.9. The SMILES string of the molecule is CNC(C)c1ccc(C)cc1OCC1(O)CCCC1. The van der Waals surface area contributed by atoms with E-state index in [9.17, 15) is 5.11 Å². The number of benzene rings is 1. The summed E-state index contributed by atoms with van der Waals surface area (Å²) in [7, 11) is 1.94. The Morgan fingerprint density at radius 1 is 1.37 bits per heavy atom. The zero-order valence-corrected chi connectivity index (χ0v) is 12.2. The Labute approximate surface area is 116 Å². The van der Waals surface area contributed by atoms with E-state index in [0.717, 1.165) is 37.0 Å². The van der Waals surface area contributed by atoms with Gasteiger partial charge in [0.05, 0.1) is 5.60 Å². The van der Waals surface area contributed by atoms with Crippen molar-refractivity contribution in [1.29, 1.82) is 0 Å². The molecule has 0 radical (unpaired) electrons. The topological polar surface area (TPSA) is 41.5 Å². The fourth-order valence-electron chi connectivity index (χ4n) is 2.67. The van der Waals surface area contributed by atoms with Crippen molar-refractivity contribution >= 4 is 0 Å². The highest BCUT2D eigenvalue weighted by atomic mass is 16.5. The van der Waals surface area contributed by atoms with E-state index in [4.69, 9.17) is 4.74 Å². The normalized spacial score (nSPS) is 19.4. The van der Waals surface area contributed by atoms with Crippen molar-refractivity contribution in [3.05, 3.63) is 29.3 Å². The second-order valence-corrected chi connectivity index (χ2v) is 5.77. The minimum atomic E-state index is -0.621. The Balaban J connectivity index is 2.11. The van der Waals surface area contributed by atoms with Gasteiger partial charge in [0.2, 0.25) is 0 Å². The minimum Gasteiger partial charge on any atom is -0.490 e. The van der Waals surface area contributed by atoms with Gasteiger partial charge in [-0.2, -0.15) is 0 Å². The van der Waals surface area contributed by atoms with E-state index >= 15 is 0 Å². The molecule has 1 aromatic rings. The smallest absolute Gasteiger partial charge is 0.124 e. The molecule has 106 valence electrons. The second-order valence-electron chi connectivity index (χ2n) is 5.77. The highest BCUT2D eigenvalue weighted by molar-refractivity contribution is 5.39. The predicted octanol–water partition coefficient (Wildman–Crippen LogP) is 2.96. The summed E-state index contributed by atoms with van der Waals surface area (Å²) in [6.45, 7) is 4.58. The number of ether oxygens (including phenoxy) is 1. The van der Waals surface area contributed by atoms with Crippen LogP contribution in [0.25, 0.3) is 0 Å². The molecule has 0 aromatic heterocycles. The number of hydrogen-bond acceptors (Lipinski definition) is 3. The summed E-state index contributed by atoms with van der Waals surface area (Å²) < 4.78 is 5.94. The first-order chi connectivity index (χ1) is 9.04. The molecule has 3 nitrogen and oxygen atoms in total. The van der Waals surface area contributed by atoms with Gasteiger partial charge in [-0.3, -0.25) is 0 Å². The van der Waals surface area contributed by atoms with E-state index in [1.54, 1.807) is 0 Å². The molecule has 19 heavy (non-hydrogen) atoms. The van der Waals surface area contributed by atoms with Gasteiger partial charge in [-0.15, -0.1) is 0 Å². The lowest BCUT2D eigenvalue weighted by Gasteiger charge is -2.24. The number of hydrogen-bond donors (Lipinski definition) is 2. The molecule has 1 saturated carbocycles. The monoisotopic (exact) mass is 263 g/mol. The van der Waals surface area contributed by atoms with E-state index in [0.29, 0.717) is 6.61 Å². The van der Waals surface area contributed by atoms with Crippen LogP contribution in [0.3, 0.4) is 0 Å². The highest BCUT2D eigenvalue weighted by Gasteiger charge is 2.32. The van der Waals surface area contributed by atoms with Gasteiger partial charge in [0, 0.05) is 11.6 Å². The highest BCUT2D eigenvalue weighted by Crippen LogP contribution is 2.32. The first-order valence-electron chi connectivity index (χ1n) is 7.17. The molecule has 0 saturated heterocycles. The molecule has 1 unspecified atom stereocenters. The van der Waals surface area contributed by atoms with Crippen molar-refractivity contribution in [3.8, 4) is 5.75 Å². The van der Waals surface area contributed by atoms with Gasteiger partial charge < -0.3 is 15.2 Å². The Morgan fingerprint density at radius 3 is 2.68 bits per heavy atom. The molecule has 0 bridgehead atoms. The third kappa shape index (κ3) is 3.48. The molecule has 2 N–H and O–H groups in total. The molecule has 1 atom stereocenters. The van der Waals surface area contributed by atoms with Gasteiger partial charge in [0.1, 0.15) is 12.4 Å². The lowest BCUT2D eigenvalue weighted by atomic mass is 10.0. The molecule has 1 fully saturated rings. The van der Waals surface area contributed by atoms with E-state index < -0.39 is 5.60 Å². The van der Waals surface area contributed by atoms with Crippen LogP contribution in [0, 0.1) is 6.92 Å². The van der Waals surface area contributed by atoms with Crippen LogP contribution in [-0.4, -0.2) is 24.4 Å². The van der Waals surface area contributed by atoms with E-state index in [1.807, 2.05) is 7.05 Å². The van der Waals surface area contributed by atoms with Crippen LogP contribution in [0.15, 0.2) is 18.2 Å². The van der Waals surface area contributed by atoms with Crippen molar-refractivity contribution in [2.75, 3.05) is 13.7 Å². The van der Waals surface area contributed by atoms with E-state index in [2.05, 4.69) is 37.4 Å². The van der Waals surface area contributed by atoms with Crippen molar-refractivity contribution < 1.29 is 9.84 Å². The molecular weight excluding hydrogens is 238 g/mol. The summed E-state index contributed by atoms with van der Waals surface area (Å²) in [5, 5.41) is 13.6. The van der Waals surface area contributed by atoms with Gasteiger partial charge in [0.25, 0.3) is 0 Å². The summed E-state index contributed by atoms with van der Waals surface area (Å²) in [5.41, 5.74) is 1.71. The van der Waals surface area contributed by atoms with Gasteiger partial charge in [0.15, 0.2) is 0 Å². The first-order valence-corrected chi connectivity index (χ1v) is 7.17. The molecular formula is C16H25NO2. The summed E-state index contributed by atoms with van der Waals surface area (Å²) in [6, 6.07) is 6.50. The fraction of sp³-hybridized carbons (Fsp3) is 0.625. The lowest BCUT2D eigenvalue weighted by Crippen LogP contribution is -2.32. The molecule has 3 heteroatoms. The molecule has 0 aliphatic heterocycles. The fourth-order valence-corrected chi connectivity index (χ4v) is 2.67. The molecule has 2 rings (SSSR count). The molecule has 0 spiro atoms. The van der Waals surface area contributed by atoms with Crippen molar-refractivity contribution in [2.45, 2.75) is 51.2 Å². The van der Waals surface area contributed by atoms with Crippen LogP contribution in [0.5, 0.6) is 5.75 Å². The second kappa shape index (κ2) is 5.93. The van der Waals surface area contributed by atoms with Crippen LogP contribution in [0.4, 0.5) is 0 Å². The van der Waals surface area contributed by atoms with Gasteiger partial charge >= 0.3 is 0 Å². The third-order valence-corrected chi connectivity index (χ3v) is 4.10. The predicted molar refractivity (Wildman–Crippen MR) is 77.6 cm³/mol. The molecule has 0 heterocycles. The maximum Gasteiger partial charge on any atom is 0.124 e. The summed E-state index contributed by atoms with van der Waals surface area (Å²) >= 11 is 0. The van der Waals surface area contributed by atoms with Crippen LogP contribution >= 0.6 is 0 Å². The van der Waals surface area contributed by atoms with Crippen LogP contribution in [-0.2, 0) is 0 Å². The maximum absolute atomic E-state index is 10.4. The van der Waals surface area contributed by atoms with Gasteiger partial charge in [-0.05, 0) is 45.4 Å². The summed E-state index contributed by atoms with van der Waals surface area (Å²) in [6.07, 6.45) is 3.92. The molecule has 1 aliphatic rings. The van der Waals surface area contributed by atoms with Gasteiger partial charge in [-0.1, -0.05) is 25.0 Å². The van der Waals surface area contributed by atoms with E-state index in [-0.39, 0.29) is 6.04 Å². The minimum absolute atomic E-state index is 0.244. The number of aliphatic hydroxyl groups is 1. The number of aryl methyl sites for hydroxylation is 1. The number of nitrogens with one attached hydrogen (secondary N) is 1. The van der Waals surface area contributed by atoms with Crippen molar-refractivity contribution in [3.63, 3.8) is 0 Å². The van der Waals surface area contributed by atoms with Crippen LogP contribution < -0.4 is 10.1 Å². The Hall–Kier alpha value is -1.06. The maximum atomic E-state index is 10.4. The third-order valence-electron chi connectivity index (χ3n) is 4.10. The Bertz CT molecular complexity index is 425. The average molecular weight is 263 g/mol. The molecule has 1 aliphatic carbocycles. The van der Waals surface area contributed by atoms with Crippen LogP contribution in [0.1, 0.15) is 49.8 Å². The first kappa shape index (κ1) is 14.4. The quantitative estimate of drug-likeness (QED) is 0.858. The average Bonchev–Trinajstić information content (AvgIpc) is 2.83. The van der Waals surface area contributed by atoms with Crippen LogP contribution in [0.2, 0.25) is 0 Å². The number of rotatable bonds is 5. The Morgan fingerprint density at radius 2 is 2.05 bits per heavy atom. The van der Waals surface area contributed by atoms with E-state index in [1.165, 1.54) is 5.56 Å². The molecule has 1 aromatic carbocycles. The molecule has 0 amide bonds. The standard InChI is InChI=1S/C16H25NO2/c1-12-6-7-14(13(2)17-3)15(10-12)19-11-16(18)8-4-5-9-16/h6-7,10,13,17-18H,4-5,8-9,11H2,1-3H3. The van der Waals surface area contributed by atoms with Crippen molar-refractivity contribution in [1.82, 2.24) is 5.32 Å². The zero-order valence-electron chi connectivity index (χ0n) is 12.2. The van der Waals surface area contributed by atoms with Crippen molar-refractivity contribution in [2.24, 2.45) is 0 Å².